The van der Waals surface area contributed by atoms with Gasteiger partial charge in [-0.15, -0.1) is 0 Å². The van der Waals surface area contributed by atoms with E-state index in [4.69, 9.17) is 11.6 Å². The van der Waals surface area contributed by atoms with Gasteiger partial charge in [0.2, 0.25) is 5.28 Å². The van der Waals surface area contributed by atoms with Gasteiger partial charge in [0.25, 0.3) is 0 Å². The predicted octanol–water partition coefficient (Wildman–Crippen LogP) is 4.70. The zero-order chi connectivity index (χ0) is 30.9. The predicted molar refractivity (Wildman–Crippen MR) is 151 cm³/mol. The molecule has 14 heteroatoms. The van der Waals surface area contributed by atoms with Gasteiger partial charge in [-0.3, -0.25) is 4.79 Å². The second-order valence-electron chi connectivity index (χ2n) is 10.4. The molecule has 0 saturated heterocycles. The summed E-state index contributed by atoms with van der Waals surface area (Å²) in [5, 5.41) is 24.8. The van der Waals surface area contributed by atoms with Crippen molar-refractivity contribution in [2.24, 2.45) is 0 Å². The average Bonchev–Trinajstić information content (AvgIpc) is 3.52. The molecule has 1 aliphatic rings. The molecule has 1 aliphatic carbocycles. The third-order valence-electron chi connectivity index (χ3n) is 7.69. The normalized spacial score (nSPS) is 21.2. The number of amides is 1. The molecule has 9 nitrogen and oxygen atoms in total. The number of anilines is 1. The van der Waals surface area contributed by atoms with Gasteiger partial charge < -0.3 is 25.0 Å². The van der Waals surface area contributed by atoms with Crippen molar-refractivity contribution >= 4 is 34.5 Å². The highest BCUT2D eigenvalue weighted by molar-refractivity contribution is 6.28. The Morgan fingerprint density at radius 3 is 2.42 bits per heavy atom. The maximum absolute atomic E-state index is 13.6. The summed E-state index contributed by atoms with van der Waals surface area (Å²) in [5.74, 6) is -2.38. The van der Waals surface area contributed by atoms with E-state index < -0.39 is 36.4 Å². The molecule has 3 N–H and O–H groups in total. The van der Waals surface area contributed by atoms with Crippen LogP contribution < -0.4 is 5.32 Å². The van der Waals surface area contributed by atoms with Gasteiger partial charge in [0.1, 0.15) is 18.0 Å². The number of aromatic nitrogens is 4. The van der Waals surface area contributed by atoms with E-state index >= 15 is 0 Å². The number of rotatable bonds is 9. The summed E-state index contributed by atoms with van der Waals surface area (Å²) in [5.41, 5.74) is 2.27. The summed E-state index contributed by atoms with van der Waals surface area (Å²) in [6.45, 7) is 1.67. The molecule has 0 bridgehead atoms. The molecule has 4 aromatic rings. The van der Waals surface area contributed by atoms with E-state index in [1.54, 1.807) is 19.1 Å². The number of benzene rings is 2. The zero-order valence-corrected chi connectivity index (χ0v) is 23.7. The second-order valence-corrected chi connectivity index (χ2v) is 10.7. The fraction of sp³-hybridized carbons (Fsp3) is 0.379. The van der Waals surface area contributed by atoms with Crippen molar-refractivity contribution in [3.63, 3.8) is 0 Å². The highest BCUT2D eigenvalue weighted by Gasteiger charge is 2.51. The third kappa shape index (κ3) is 6.29. The van der Waals surface area contributed by atoms with E-state index in [0.29, 0.717) is 11.4 Å². The van der Waals surface area contributed by atoms with Crippen molar-refractivity contribution in [3.8, 4) is 0 Å². The number of carbonyl (C=O) groups is 1. The Morgan fingerprint density at radius 1 is 1.09 bits per heavy atom. The van der Waals surface area contributed by atoms with Crippen molar-refractivity contribution in [2.45, 2.75) is 56.2 Å². The minimum Gasteiger partial charge on any atom is -0.388 e. The van der Waals surface area contributed by atoms with Gasteiger partial charge in [0.15, 0.2) is 17.0 Å². The second kappa shape index (κ2) is 12.4. The molecule has 0 radical (unpaired) electrons. The Bertz CT molecular complexity index is 1570. The van der Waals surface area contributed by atoms with Crippen LogP contribution in [0.4, 0.5) is 23.4 Å². The van der Waals surface area contributed by atoms with Crippen LogP contribution in [0.5, 0.6) is 0 Å². The first-order chi connectivity index (χ1) is 20.5. The first-order valence-electron chi connectivity index (χ1n) is 13.7. The minimum atomic E-state index is -5.13. The Kier molecular flexibility index (Phi) is 8.86. The minimum absolute atomic E-state index is 0.153. The molecule has 43 heavy (non-hydrogen) atoms. The van der Waals surface area contributed by atoms with Gasteiger partial charge in [-0.2, -0.15) is 23.1 Å². The van der Waals surface area contributed by atoms with Crippen LogP contribution in [0.15, 0.2) is 60.9 Å². The van der Waals surface area contributed by atoms with E-state index in [-0.39, 0.29) is 53.4 Å². The first-order valence-corrected chi connectivity index (χ1v) is 14.1. The number of hydrogen-bond acceptors (Lipinski definition) is 7. The maximum Gasteiger partial charge on any atom is 0.471 e. The Labute approximate surface area is 249 Å². The Hall–Kier alpha value is -3.81. The van der Waals surface area contributed by atoms with Crippen LogP contribution in [0.3, 0.4) is 0 Å². The van der Waals surface area contributed by atoms with Crippen LogP contribution in [-0.2, 0) is 4.79 Å². The van der Waals surface area contributed by atoms with Gasteiger partial charge >= 0.3 is 12.1 Å². The van der Waals surface area contributed by atoms with Gasteiger partial charge in [-0.25, -0.2) is 9.37 Å². The van der Waals surface area contributed by atoms with Crippen LogP contribution in [0.2, 0.25) is 5.28 Å². The molecule has 5 rings (SSSR count). The molecule has 0 aliphatic heterocycles. The van der Waals surface area contributed by atoms with E-state index in [0.717, 1.165) is 11.1 Å². The quantitative estimate of drug-likeness (QED) is 0.184. The van der Waals surface area contributed by atoms with Gasteiger partial charge in [0, 0.05) is 19.0 Å². The third-order valence-corrected chi connectivity index (χ3v) is 7.86. The summed E-state index contributed by atoms with van der Waals surface area (Å²) in [6.07, 6.45) is -6.91. The fourth-order valence-electron chi connectivity index (χ4n) is 5.66. The van der Waals surface area contributed by atoms with Crippen LogP contribution in [-0.4, -0.2) is 78.1 Å². The topological polar surface area (TPSA) is 116 Å². The van der Waals surface area contributed by atoms with Crippen molar-refractivity contribution in [3.05, 3.63) is 83.2 Å². The number of hydrogen-bond donors (Lipinski definition) is 3. The van der Waals surface area contributed by atoms with Crippen molar-refractivity contribution < 1.29 is 32.6 Å². The lowest BCUT2D eigenvalue weighted by molar-refractivity contribution is -0.190. The molecule has 5 atom stereocenters. The monoisotopic (exact) mass is 620 g/mol. The van der Waals surface area contributed by atoms with Crippen molar-refractivity contribution in [1.29, 1.82) is 0 Å². The summed E-state index contributed by atoms with van der Waals surface area (Å²) in [7, 11) is 0. The molecule has 1 saturated carbocycles. The molecular weight excluding hydrogens is 592 g/mol. The summed E-state index contributed by atoms with van der Waals surface area (Å²) in [6, 6.07) is 13.5. The molecule has 1 amide bonds. The number of nitrogens with zero attached hydrogens (tertiary/aromatic N) is 5. The van der Waals surface area contributed by atoms with Crippen molar-refractivity contribution in [1.82, 2.24) is 24.4 Å². The number of imidazole rings is 1. The van der Waals surface area contributed by atoms with E-state index in [1.807, 2.05) is 30.3 Å². The summed E-state index contributed by atoms with van der Waals surface area (Å²) >= 11 is 6.27. The Balaban J connectivity index is 1.44. The van der Waals surface area contributed by atoms with E-state index in [9.17, 15) is 32.6 Å². The molecule has 1 fully saturated rings. The van der Waals surface area contributed by atoms with Gasteiger partial charge in [0.05, 0.1) is 18.4 Å². The SMILES string of the molecule is CCCN(C(=O)C(F)(F)F)[C@H]1C[C@@H](n2cnc3c(NCC(c4ccccc4)c4ccc(F)cc4)nc(Cl)nc32)[C@H](O)[C@@H]1O. The zero-order valence-electron chi connectivity index (χ0n) is 22.9. The molecule has 1 unspecified atom stereocenters. The standard InChI is InChI=1S/C29H29ClF4N6O3/c1-2-12-39(27(43)29(32,33)34)20-13-21(24(42)23(20)41)40-15-36-22-25(37-28(30)38-26(22)40)35-14-19(16-6-4-3-5-7-16)17-8-10-18(31)11-9-17/h3-11,15,19-21,23-24,41-42H,2,12-14H2,1H3,(H,35,37,38)/t19?,20-,21+,23+,24-/m0/s1. The van der Waals surface area contributed by atoms with E-state index in [2.05, 4.69) is 20.3 Å². The number of fused-ring (bicyclic) bond motifs is 1. The number of alkyl halides is 3. The fourth-order valence-corrected chi connectivity index (χ4v) is 5.82. The molecule has 2 aromatic heterocycles. The first kappa shape index (κ1) is 30.6. The smallest absolute Gasteiger partial charge is 0.388 e. The van der Waals surface area contributed by atoms with Crippen LogP contribution in [0, 0.1) is 5.82 Å². The number of aliphatic hydroxyl groups is 2. The molecule has 2 heterocycles. The number of aliphatic hydroxyl groups excluding tert-OH is 2. The molecule has 228 valence electrons. The maximum atomic E-state index is 13.6. The molecule has 2 aromatic carbocycles. The van der Waals surface area contributed by atoms with Crippen LogP contribution in [0.25, 0.3) is 11.2 Å². The Morgan fingerprint density at radius 2 is 1.77 bits per heavy atom. The summed E-state index contributed by atoms with van der Waals surface area (Å²) < 4.78 is 55.0. The van der Waals surface area contributed by atoms with E-state index in [1.165, 1.54) is 23.0 Å². The number of halogens is 5. The number of carbonyl (C=O) groups excluding carboxylic acids is 1. The molecular formula is C29H29ClF4N6O3. The highest BCUT2D eigenvalue weighted by Crippen LogP contribution is 2.38. The lowest BCUT2D eigenvalue weighted by Gasteiger charge is -2.31. The van der Waals surface area contributed by atoms with Crippen LogP contribution >= 0.6 is 11.6 Å². The lowest BCUT2D eigenvalue weighted by atomic mass is 9.91. The molecule has 0 spiro atoms. The average molecular weight is 621 g/mol. The number of nitrogens with one attached hydrogen (secondary N) is 1. The summed E-state index contributed by atoms with van der Waals surface area (Å²) in [4.78, 5) is 25.7. The van der Waals surface area contributed by atoms with Crippen LogP contribution in [0.1, 0.15) is 42.9 Å². The van der Waals surface area contributed by atoms with Crippen molar-refractivity contribution in [2.75, 3.05) is 18.4 Å². The van der Waals surface area contributed by atoms with Gasteiger partial charge in [-0.1, -0.05) is 49.4 Å². The lowest BCUT2D eigenvalue weighted by Crippen LogP contribution is -2.51. The highest BCUT2D eigenvalue weighted by atomic mass is 35.5. The largest absolute Gasteiger partial charge is 0.471 e. The van der Waals surface area contributed by atoms with Gasteiger partial charge in [-0.05, 0) is 47.7 Å².